The van der Waals surface area contributed by atoms with Crippen molar-refractivity contribution in [2.24, 2.45) is 11.8 Å². The van der Waals surface area contributed by atoms with Crippen LogP contribution in [0.3, 0.4) is 0 Å². The highest BCUT2D eigenvalue weighted by molar-refractivity contribution is 14.1. The Morgan fingerprint density at radius 1 is 1.30 bits per heavy atom. The van der Waals surface area contributed by atoms with E-state index in [1.54, 1.807) is 0 Å². The molecule has 0 saturated heterocycles. The summed E-state index contributed by atoms with van der Waals surface area (Å²) < 4.78 is 1.27. The molecule has 2 heteroatoms. The van der Waals surface area contributed by atoms with Crippen LogP contribution in [0.4, 0.5) is 0 Å². The predicted octanol–water partition coefficient (Wildman–Crippen LogP) is 2.22. The zero-order valence-corrected chi connectivity index (χ0v) is 8.38. The topological polar surface area (TPSA) is 20.2 Å². The highest BCUT2D eigenvalue weighted by atomic mass is 127. The number of alkyl halides is 1. The van der Waals surface area contributed by atoms with Gasteiger partial charge in [0, 0.05) is 11.0 Å². The van der Waals surface area contributed by atoms with Crippen LogP contribution < -0.4 is 0 Å². The number of halogens is 1. The molecule has 0 spiro atoms. The number of hydrogen-bond acceptors (Lipinski definition) is 1. The second-order valence-electron chi connectivity index (χ2n) is 3.24. The molecule has 0 amide bonds. The summed E-state index contributed by atoms with van der Waals surface area (Å²) in [4.78, 5) is 0. The summed E-state index contributed by atoms with van der Waals surface area (Å²) in [6.07, 6.45) is 5.24. The van der Waals surface area contributed by atoms with Crippen molar-refractivity contribution in [2.45, 2.75) is 25.7 Å². The molecule has 0 aromatic rings. The van der Waals surface area contributed by atoms with E-state index in [0.717, 1.165) is 5.92 Å². The van der Waals surface area contributed by atoms with Crippen molar-refractivity contribution in [3.63, 3.8) is 0 Å². The van der Waals surface area contributed by atoms with Crippen molar-refractivity contribution in [3.8, 4) is 0 Å². The Hall–Kier alpha value is 0.690. The van der Waals surface area contributed by atoms with Gasteiger partial charge in [-0.1, -0.05) is 29.0 Å². The van der Waals surface area contributed by atoms with Gasteiger partial charge in [-0.25, -0.2) is 0 Å². The molecule has 10 heavy (non-hydrogen) atoms. The van der Waals surface area contributed by atoms with Crippen molar-refractivity contribution >= 4 is 22.6 Å². The third-order valence-corrected chi connectivity index (χ3v) is 3.61. The summed E-state index contributed by atoms with van der Waals surface area (Å²) in [6, 6.07) is 0. The van der Waals surface area contributed by atoms with Crippen LogP contribution in [0.5, 0.6) is 0 Å². The van der Waals surface area contributed by atoms with Crippen LogP contribution in [0.15, 0.2) is 0 Å². The smallest absolute Gasteiger partial charge is 0.0459 e. The van der Waals surface area contributed by atoms with E-state index in [-0.39, 0.29) is 0 Å². The van der Waals surface area contributed by atoms with E-state index in [0.29, 0.717) is 12.5 Å². The van der Waals surface area contributed by atoms with Gasteiger partial charge < -0.3 is 5.11 Å². The minimum Gasteiger partial charge on any atom is -0.396 e. The number of rotatable bonds is 2. The molecule has 1 rings (SSSR count). The summed E-state index contributed by atoms with van der Waals surface area (Å²) in [5, 5.41) is 8.90. The Morgan fingerprint density at radius 2 is 2.00 bits per heavy atom. The average Bonchev–Trinajstić information content (AvgIpc) is 2.05. The van der Waals surface area contributed by atoms with Gasteiger partial charge in [0.2, 0.25) is 0 Å². The van der Waals surface area contributed by atoms with Crippen molar-refractivity contribution in [1.82, 2.24) is 0 Å². The zero-order valence-electron chi connectivity index (χ0n) is 6.22. The first-order valence-corrected chi connectivity index (χ1v) is 5.56. The monoisotopic (exact) mass is 254 g/mol. The molecule has 2 atom stereocenters. The van der Waals surface area contributed by atoms with E-state index in [2.05, 4.69) is 22.6 Å². The lowest BCUT2D eigenvalue weighted by Gasteiger charge is -2.26. The molecule has 0 unspecified atom stereocenters. The van der Waals surface area contributed by atoms with E-state index < -0.39 is 0 Å². The molecule has 0 aliphatic heterocycles. The molecule has 0 aromatic carbocycles. The predicted molar refractivity (Wildman–Crippen MR) is 51.4 cm³/mol. The van der Waals surface area contributed by atoms with Crippen LogP contribution in [0, 0.1) is 11.8 Å². The minimum absolute atomic E-state index is 0.410. The summed E-state index contributed by atoms with van der Waals surface area (Å²) >= 11 is 2.45. The second-order valence-corrected chi connectivity index (χ2v) is 4.12. The molecule has 1 nitrogen and oxygen atoms in total. The lowest BCUT2D eigenvalue weighted by atomic mass is 9.83. The van der Waals surface area contributed by atoms with Crippen LogP contribution in [0.1, 0.15) is 25.7 Å². The maximum Gasteiger partial charge on any atom is 0.0459 e. The van der Waals surface area contributed by atoms with E-state index in [4.69, 9.17) is 5.11 Å². The molecule has 0 heterocycles. The van der Waals surface area contributed by atoms with Crippen LogP contribution in [0.2, 0.25) is 0 Å². The Kier molecular flexibility index (Phi) is 3.99. The van der Waals surface area contributed by atoms with Gasteiger partial charge in [0.15, 0.2) is 0 Å². The summed E-state index contributed by atoms with van der Waals surface area (Å²) in [6.45, 7) is 0.410. The van der Waals surface area contributed by atoms with Crippen LogP contribution in [0.25, 0.3) is 0 Å². The van der Waals surface area contributed by atoms with Crippen LogP contribution in [-0.2, 0) is 0 Å². The van der Waals surface area contributed by atoms with Gasteiger partial charge >= 0.3 is 0 Å². The number of aliphatic hydroxyl groups excluding tert-OH is 1. The van der Waals surface area contributed by atoms with Crippen LogP contribution in [-0.4, -0.2) is 16.1 Å². The van der Waals surface area contributed by atoms with Gasteiger partial charge in [0.05, 0.1) is 0 Å². The number of hydrogen-bond donors (Lipinski definition) is 1. The van der Waals surface area contributed by atoms with Crippen molar-refractivity contribution in [1.29, 1.82) is 0 Å². The van der Waals surface area contributed by atoms with Gasteiger partial charge in [-0.3, -0.25) is 0 Å². The van der Waals surface area contributed by atoms with Gasteiger partial charge in [-0.2, -0.15) is 0 Å². The largest absolute Gasteiger partial charge is 0.396 e. The number of aliphatic hydroxyl groups is 1. The highest BCUT2D eigenvalue weighted by Gasteiger charge is 2.19. The first-order chi connectivity index (χ1) is 4.86. The quantitative estimate of drug-likeness (QED) is 0.591. The first-order valence-electron chi connectivity index (χ1n) is 4.03. The Labute approximate surface area is 76.3 Å². The van der Waals surface area contributed by atoms with Gasteiger partial charge in [0.25, 0.3) is 0 Å². The molecule has 1 N–H and O–H groups in total. The Bertz CT molecular complexity index is 85.3. The Morgan fingerprint density at radius 3 is 2.60 bits per heavy atom. The van der Waals surface area contributed by atoms with Gasteiger partial charge in [0.1, 0.15) is 0 Å². The fourth-order valence-electron chi connectivity index (χ4n) is 1.71. The molecule has 0 bridgehead atoms. The molecule has 60 valence electrons. The Balaban J connectivity index is 2.25. The lowest BCUT2D eigenvalue weighted by Crippen LogP contribution is -2.18. The van der Waals surface area contributed by atoms with E-state index in [1.165, 1.54) is 30.1 Å². The van der Waals surface area contributed by atoms with Gasteiger partial charge in [-0.05, 0) is 31.1 Å². The fourth-order valence-corrected chi connectivity index (χ4v) is 2.51. The summed E-state index contributed by atoms with van der Waals surface area (Å²) in [5.74, 6) is 1.51. The molecular formula is C8H15IO. The highest BCUT2D eigenvalue weighted by Crippen LogP contribution is 2.29. The normalized spacial score (nSPS) is 34.2. The summed E-state index contributed by atoms with van der Waals surface area (Å²) in [5.41, 5.74) is 0. The van der Waals surface area contributed by atoms with E-state index in [1.807, 2.05) is 0 Å². The fraction of sp³-hybridized carbons (Fsp3) is 1.00. The summed E-state index contributed by atoms with van der Waals surface area (Å²) in [7, 11) is 0. The van der Waals surface area contributed by atoms with Crippen molar-refractivity contribution in [2.75, 3.05) is 11.0 Å². The third-order valence-electron chi connectivity index (χ3n) is 2.37. The zero-order chi connectivity index (χ0) is 7.40. The van der Waals surface area contributed by atoms with Crippen molar-refractivity contribution < 1.29 is 5.11 Å². The SMILES string of the molecule is OC[C@H]1CCC[C@@H](CI)C1. The molecule has 1 aliphatic rings. The second kappa shape index (κ2) is 4.54. The average molecular weight is 254 g/mol. The minimum atomic E-state index is 0.410. The van der Waals surface area contributed by atoms with Gasteiger partial charge in [-0.15, -0.1) is 0 Å². The molecule has 0 radical (unpaired) electrons. The van der Waals surface area contributed by atoms with Crippen molar-refractivity contribution in [3.05, 3.63) is 0 Å². The molecule has 1 saturated carbocycles. The first kappa shape index (κ1) is 8.78. The van der Waals surface area contributed by atoms with Crippen LogP contribution >= 0.6 is 22.6 Å². The third kappa shape index (κ3) is 2.38. The lowest BCUT2D eigenvalue weighted by molar-refractivity contribution is 0.168. The molecular weight excluding hydrogens is 239 g/mol. The maximum absolute atomic E-state index is 8.90. The molecule has 0 aromatic heterocycles. The van der Waals surface area contributed by atoms with E-state index in [9.17, 15) is 0 Å². The molecule has 1 fully saturated rings. The standard InChI is InChI=1S/C8H15IO/c9-5-7-2-1-3-8(4-7)6-10/h7-8,10H,1-6H2/t7-,8+/m1/s1. The molecule has 1 aliphatic carbocycles. The van der Waals surface area contributed by atoms with E-state index >= 15 is 0 Å². The maximum atomic E-state index is 8.90.